The van der Waals surface area contributed by atoms with Crippen molar-refractivity contribution in [3.8, 4) is 5.75 Å². The van der Waals surface area contributed by atoms with Gasteiger partial charge in [-0.1, -0.05) is 0 Å². The third-order valence-corrected chi connectivity index (χ3v) is 12.2. The maximum atomic E-state index is 7.08. The van der Waals surface area contributed by atoms with Crippen molar-refractivity contribution >= 4 is 7.49 Å². The molecule has 0 bridgehead atoms. The van der Waals surface area contributed by atoms with Crippen LogP contribution in [0.25, 0.3) is 0 Å². The van der Waals surface area contributed by atoms with E-state index in [1.54, 1.807) is 0 Å². The van der Waals surface area contributed by atoms with Crippen molar-refractivity contribution in [3.63, 3.8) is 0 Å². The molecular formula is C33H63OP. The van der Waals surface area contributed by atoms with Crippen LogP contribution in [0.1, 0.15) is 156 Å². The summed E-state index contributed by atoms with van der Waals surface area (Å²) in [6.07, 6.45) is 33.6. The average molecular weight is 507 g/mol. The van der Waals surface area contributed by atoms with E-state index in [2.05, 4.69) is 51.1 Å². The third kappa shape index (κ3) is 18.4. The Balaban J connectivity index is 2.66. The zero-order chi connectivity index (χ0) is 25.3. The van der Waals surface area contributed by atoms with Crippen molar-refractivity contribution in [1.29, 1.82) is 0 Å². The van der Waals surface area contributed by atoms with Crippen LogP contribution >= 0.6 is 7.49 Å². The molecule has 0 unspecified atom stereocenters. The molecule has 0 aliphatic heterocycles. The van der Waals surface area contributed by atoms with Crippen molar-refractivity contribution in [1.82, 2.24) is 0 Å². The number of benzene rings is 1. The van der Waals surface area contributed by atoms with E-state index in [1.165, 1.54) is 153 Å². The van der Waals surface area contributed by atoms with E-state index in [1.807, 2.05) is 0 Å². The van der Waals surface area contributed by atoms with Crippen LogP contribution in [0.4, 0.5) is 0 Å². The van der Waals surface area contributed by atoms with Gasteiger partial charge in [0, 0.05) is 0 Å². The standard InChI is InChI=1S/C33H63OP/c1-4-7-10-13-16-19-25-30-35(34-33-28-23-22-24-29-33,31-26-20-17-14-11-8-5-2)32-27-21-18-15-12-9-6-3/h22-24,28-29,35H,4-21,25-27,30-32H2,1-3H3. The van der Waals surface area contributed by atoms with Gasteiger partial charge in [-0.2, -0.15) is 0 Å². The topological polar surface area (TPSA) is 9.23 Å². The first-order chi connectivity index (χ1) is 17.3. The van der Waals surface area contributed by atoms with Gasteiger partial charge < -0.3 is 0 Å². The van der Waals surface area contributed by atoms with Crippen molar-refractivity contribution < 1.29 is 4.52 Å². The van der Waals surface area contributed by atoms with Crippen molar-refractivity contribution in [2.45, 2.75) is 156 Å². The molecule has 1 aromatic rings. The molecule has 0 aliphatic carbocycles. The molecule has 0 aromatic heterocycles. The summed E-state index contributed by atoms with van der Waals surface area (Å²) in [5, 5.41) is 0. The van der Waals surface area contributed by atoms with Crippen LogP contribution in [-0.4, -0.2) is 18.5 Å². The zero-order valence-electron chi connectivity index (χ0n) is 24.3. The Hall–Kier alpha value is -0.550. The molecule has 0 aliphatic rings. The number of hydrogen-bond acceptors (Lipinski definition) is 1. The van der Waals surface area contributed by atoms with Crippen LogP contribution in [-0.2, 0) is 0 Å². The molecule has 0 amide bonds. The Morgan fingerprint density at radius 2 is 0.743 bits per heavy atom. The summed E-state index contributed by atoms with van der Waals surface area (Å²) in [6.45, 7) is 6.94. The Morgan fingerprint density at radius 1 is 0.429 bits per heavy atom. The van der Waals surface area contributed by atoms with E-state index in [0.29, 0.717) is 0 Å². The maximum absolute atomic E-state index is 7.08. The fraction of sp³-hybridized carbons (Fsp3) is 0.818. The van der Waals surface area contributed by atoms with Gasteiger partial charge in [-0.25, -0.2) is 0 Å². The molecule has 0 atom stereocenters. The normalized spacial score (nSPS) is 12.2. The number of hydrogen-bond donors (Lipinski definition) is 0. The van der Waals surface area contributed by atoms with Gasteiger partial charge >= 0.3 is 222 Å². The Morgan fingerprint density at radius 3 is 1.09 bits per heavy atom. The third-order valence-electron chi connectivity index (χ3n) is 7.79. The van der Waals surface area contributed by atoms with Crippen LogP contribution in [0.15, 0.2) is 30.3 Å². The minimum absolute atomic E-state index is 1.15. The fourth-order valence-corrected chi connectivity index (χ4v) is 9.85. The van der Waals surface area contributed by atoms with E-state index < -0.39 is 7.49 Å². The molecule has 0 N–H and O–H groups in total. The van der Waals surface area contributed by atoms with Crippen LogP contribution in [0.3, 0.4) is 0 Å². The van der Waals surface area contributed by atoms with Crippen molar-refractivity contribution in [3.05, 3.63) is 30.3 Å². The monoisotopic (exact) mass is 506 g/mol. The van der Waals surface area contributed by atoms with Gasteiger partial charge in [-0.15, -0.1) is 0 Å². The molecule has 1 nitrogen and oxygen atoms in total. The van der Waals surface area contributed by atoms with Crippen LogP contribution in [0.5, 0.6) is 5.75 Å². The average Bonchev–Trinajstić information content (AvgIpc) is 2.88. The summed E-state index contributed by atoms with van der Waals surface area (Å²) in [4.78, 5) is 0. The zero-order valence-corrected chi connectivity index (χ0v) is 25.3. The first-order valence-corrected chi connectivity index (χ1v) is 18.5. The summed E-state index contributed by atoms with van der Waals surface area (Å²) >= 11 is 0. The van der Waals surface area contributed by atoms with Gasteiger partial charge in [-0.05, 0) is 0 Å². The number of unbranched alkanes of at least 4 members (excludes halogenated alkanes) is 18. The van der Waals surface area contributed by atoms with Crippen molar-refractivity contribution in [2.75, 3.05) is 18.5 Å². The molecule has 0 heterocycles. The fourth-order valence-electron chi connectivity index (χ4n) is 5.48. The molecule has 35 heavy (non-hydrogen) atoms. The summed E-state index contributed by atoms with van der Waals surface area (Å²) in [6, 6.07) is 10.9. The molecule has 1 rings (SSSR count). The van der Waals surface area contributed by atoms with Gasteiger partial charge in [0.15, 0.2) is 0 Å². The summed E-state index contributed by atoms with van der Waals surface area (Å²) < 4.78 is 7.08. The number of rotatable bonds is 26. The summed E-state index contributed by atoms with van der Waals surface area (Å²) in [7, 11) is -1.76. The predicted octanol–water partition coefficient (Wildman–Crippen LogP) is 12.0. The molecule has 2 heteroatoms. The van der Waals surface area contributed by atoms with E-state index in [9.17, 15) is 0 Å². The van der Waals surface area contributed by atoms with E-state index >= 15 is 0 Å². The van der Waals surface area contributed by atoms with Gasteiger partial charge in [0.25, 0.3) is 0 Å². The molecule has 0 spiro atoms. The minimum atomic E-state index is -1.76. The Kier molecular flexibility index (Phi) is 22.1. The second-order valence-corrected chi connectivity index (χ2v) is 15.3. The summed E-state index contributed by atoms with van der Waals surface area (Å²) in [5.74, 6) is 1.15. The van der Waals surface area contributed by atoms with E-state index in [4.69, 9.17) is 4.52 Å². The Bertz CT molecular complexity index is 498. The molecule has 0 radical (unpaired) electrons. The molecule has 1 aromatic carbocycles. The SMILES string of the molecule is CCCCCCCCC[PH](CCCCCCCCC)(CCCCCCCCC)Oc1ccccc1. The second-order valence-electron chi connectivity index (χ2n) is 11.2. The van der Waals surface area contributed by atoms with Gasteiger partial charge in [0.1, 0.15) is 0 Å². The van der Waals surface area contributed by atoms with Crippen LogP contribution < -0.4 is 4.52 Å². The quantitative estimate of drug-likeness (QED) is 0.0896. The van der Waals surface area contributed by atoms with Gasteiger partial charge in [0.05, 0.1) is 0 Å². The Labute approximate surface area is 222 Å². The first kappa shape index (κ1) is 32.5. The van der Waals surface area contributed by atoms with Gasteiger partial charge in [0.2, 0.25) is 0 Å². The van der Waals surface area contributed by atoms with E-state index in [0.717, 1.165) is 5.75 Å². The summed E-state index contributed by atoms with van der Waals surface area (Å²) in [5.41, 5.74) is 0. The predicted molar refractivity (Wildman–Crippen MR) is 164 cm³/mol. The molecule has 0 saturated heterocycles. The molecule has 0 fully saturated rings. The van der Waals surface area contributed by atoms with Gasteiger partial charge in [-0.3, -0.25) is 0 Å². The molecule has 0 saturated carbocycles. The first-order valence-electron chi connectivity index (χ1n) is 16.0. The second kappa shape index (κ2) is 23.8. The van der Waals surface area contributed by atoms with Crippen molar-refractivity contribution in [2.24, 2.45) is 0 Å². The van der Waals surface area contributed by atoms with Crippen LogP contribution in [0, 0.1) is 0 Å². The van der Waals surface area contributed by atoms with E-state index in [-0.39, 0.29) is 0 Å². The molecule has 206 valence electrons. The molecular weight excluding hydrogens is 443 g/mol. The number of para-hydroxylation sites is 1. The van der Waals surface area contributed by atoms with Crippen LogP contribution in [0.2, 0.25) is 0 Å².